The number of hydrogen-bond acceptors (Lipinski definition) is 25. The SMILES string of the molecule is CC(=O)N(C)CC(=O)N(C)CC(=O)N(C)CC(=O)N(C)CC(=O)N(C)CC(=O)N(C)CC(=O)N(C)CC(=O)N(C)CC(=O)N(C)CC(=O)N(C)CC(=O)N(C)CC(=O)N(C)CC(=O)N(C)CC(=O)N(C)CC(=O)N(C)CC(=O)N(C)CC(=O)N(C)CC(=O)N(C)CC(=O)N(C)CC(=O)N(C)CC(=O)N(C)CC(=O)N(C)CC(=O)N(C)CC(=O)N(C)CC(=O)O. The van der Waals surface area contributed by atoms with Crippen molar-refractivity contribution in [1.82, 2.24) is 118 Å². The number of rotatable bonds is 48. The highest BCUT2D eigenvalue weighted by Crippen LogP contribution is 2.07. The summed E-state index contributed by atoms with van der Waals surface area (Å²) in [7, 11) is 30.8. The predicted octanol–water partition coefficient (Wildman–Crippen LogP) is -12.9. The molecule has 0 radical (unpaired) electrons. The average Bonchev–Trinajstić information content (AvgIpc) is 0.872. The number of carbonyl (C=O) groups excluding carboxylic acids is 24. The molecule has 0 rings (SSSR count). The number of likely N-dealkylation sites (N-methyl/N-ethyl adjacent to an activating group) is 24. The van der Waals surface area contributed by atoms with E-state index in [1.165, 1.54) is 181 Å². The van der Waals surface area contributed by atoms with E-state index in [9.17, 15) is 120 Å². The monoisotopic (exact) mass is 1760 g/mol. The Balaban J connectivity index is 5.07. The second-order valence-corrected chi connectivity index (χ2v) is 30.5. The molecule has 0 aliphatic heterocycles. The second kappa shape index (κ2) is 52.2. The number of carboxylic acid groups (broad SMARTS) is 1. The highest BCUT2D eigenvalue weighted by molar-refractivity contribution is 5.98. The summed E-state index contributed by atoms with van der Waals surface area (Å²) in [5, 5.41) is 8.89. The van der Waals surface area contributed by atoms with Gasteiger partial charge in [-0.05, 0) is 0 Å². The van der Waals surface area contributed by atoms with Gasteiger partial charge in [0.1, 0.15) is 6.54 Å². The van der Waals surface area contributed by atoms with E-state index in [2.05, 4.69) is 0 Å². The van der Waals surface area contributed by atoms with Crippen LogP contribution in [-0.4, -0.2) is 597 Å². The maximum Gasteiger partial charge on any atom is 0.323 e. The molecule has 0 aromatic carbocycles. The summed E-state index contributed by atoms with van der Waals surface area (Å²) in [6.45, 7) is -11.1. The van der Waals surface area contributed by atoms with E-state index in [-0.39, 0.29) is 19.0 Å². The summed E-state index contributed by atoms with van der Waals surface area (Å²) >= 11 is 0. The molecule has 696 valence electrons. The summed E-state index contributed by atoms with van der Waals surface area (Å²) < 4.78 is 0. The molecule has 0 atom stereocenters. The minimum atomic E-state index is -1.25. The molecule has 50 heteroatoms. The molecule has 0 fully saturated rings. The van der Waals surface area contributed by atoms with Crippen LogP contribution in [0.25, 0.3) is 0 Å². The summed E-state index contributed by atoms with van der Waals surface area (Å²) in [6, 6.07) is 0. The second-order valence-electron chi connectivity index (χ2n) is 30.5. The maximum absolute atomic E-state index is 13.2. The minimum absolute atomic E-state index is 0.259. The third-order valence-corrected chi connectivity index (χ3v) is 19.3. The van der Waals surface area contributed by atoms with Crippen LogP contribution in [0, 0.1) is 0 Å². The highest BCUT2D eigenvalue weighted by atomic mass is 16.4. The molecule has 1 N–H and O–H groups in total. The van der Waals surface area contributed by atoms with Crippen LogP contribution in [0.5, 0.6) is 0 Å². The fraction of sp³-hybridized carbons (Fsp3) is 0.662. The van der Waals surface area contributed by atoms with Gasteiger partial charge >= 0.3 is 5.97 Å². The quantitative estimate of drug-likeness (QED) is 0.0591. The van der Waals surface area contributed by atoms with E-state index >= 15 is 0 Å². The van der Waals surface area contributed by atoms with Crippen molar-refractivity contribution >= 4 is 148 Å². The van der Waals surface area contributed by atoms with Gasteiger partial charge in [-0.25, -0.2) is 0 Å². The fourth-order valence-electron chi connectivity index (χ4n) is 9.79. The Kier molecular flexibility index (Phi) is 46.6. The van der Waals surface area contributed by atoms with Crippen molar-refractivity contribution in [3.8, 4) is 0 Å². The third kappa shape index (κ3) is 39.5. The van der Waals surface area contributed by atoms with Crippen molar-refractivity contribution in [2.24, 2.45) is 0 Å². The van der Waals surface area contributed by atoms with Gasteiger partial charge in [0.05, 0.1) is 151 Å². The van der Waals surface area contributed by atoms with E-state index < -0.39 is 286 Å². The lowest BCUT2D eigenvalue weighted by Gasteiger charge is -2.28. The van der Waals surface area contributed by atoms with Crippen molar-refractivity contribution in [2.75, 3.05) is 326 Å². The van der Waals surface area contributed by atoms with Crippen LogP contribution in [0.4, 0.5) is 0 Å². The molecule has 124 heavy (non-hydrogen) atoms. The van der Waals surface area contributed by atoms with Crippen LogP contribution >= 0.6 is 0 Å². The number of hydrogen-bond donors (Lipinski definition) is 1. The summed E-state index contributed by atoms with van der Waals surface area (Å²) in [6.07, 6.45) is 0. The topological polar surface area (TPSA) is 525 Å². The Morgan fingerprint density at radius 1 is 0.121 bits per heavy atom. The summed E-state index contributed by atoms with van der Waals surface area (Å²) in [5.41, 5.74) is 0. The molecular formula is C74H124N24O26. The molecule has 0 aromatic heterocycles. The first kappa shape index (κ1) is 111. The lowest BCUT2D eigenvalue weighted by atomic mass is 10.3. The first-order valence-electron chi connectivity index (χ1n) is 38.0. The molecule has 0 unspecified atom stereocenters. The van der Waals surface area contributed by atoms with Crippen molar-refractivity contribution in [3.05, 3.63) is 0 Å². The molecule has 0 aliphatic carbocycles. The van der Waals surface area contributed by atoms with Gasteiger partial charge in [0, 0.05) is 176 Å². The molecule has 0 aromatic rings. The van der Waals surface area contributed by atoms with E-state index in [0.717, 1.165) is 113 Å². The smallest absolute Gasteiger partial charge is 0.323 e. The van der Waals surface area contributed by atoms with E-state index in [1.54, 1.807) is 0 Å². The number of carboxylic acids is 1. The van der Waals surface area contributed by atoms with Gasteiger partial charge in [0.15, 0.2) is 0 Å². The van der Waals surface area contributed by atoms with Crippen LogP contribution in [0.2, 0.25) is 0 Å². The first-order valence-corrected chi connectivity index (χ1v) is 38.0. The standard InChI is InChI=1S/C74H124N24O26/c1-50(99)75(2)26-51(100)76(3)27-52(101)77(4)28-53(102)78(5)29-54(103)79(6)30-55(104)80(7)31-56(105)81(8)32-57(106)82(9)33-58(107)83(10)34-59(108)84(11)35-60(109)85(12)36-61(110)86(13)37-62(111)87(14)38-63(112)88(15)39-64(113)89(16)40-65(114)90(17)41-66(115)91(18)42-67(116)92(19)43-68(117)93(20)44-69(118)94(21)45-70(119)95(22)46-71(120)96(23)47-72(121)97(24)48-73(122)98(25)49-74(123)124/h26-49H2,1-25H3,(H,123,124). The summed E-state index contributed by atoms with van der Waals surface area (Å²) in [4.78, 5) is 345. The number of nitrogens with zero attached hydrogens (tertiary/aromatic N) is 24. The van der Waals surface area contributed by atoms with Crippen LogP contribution in [0.1, 0.15) is 6.92 Å². The Bertz CT molecular complexity index is 3870. The van der Waals surface area contributed by atoms with Gasteiger partial charge in [0.25, 0.3) is 0 Å². The molecule has 0 saturated carbocycles. The van der Waals surface area contributed by atoms with Gasteiger partial charge < -0.3 is 123 Å². The molecule has 0 bridgehead atoms. The van der Waals surface area contributed by atoms with Crippen LogP contribution in [0.15, 0.2) is 0 Å². The van der Waals surface area contributed by atoms with Gasteiger partial charge in [0.2, 0.25) is 142 Å². The summed E-state index contributed by atoms with van der Waals surface area (Å²) in [5.74, 6) is -17.4. The normalized spacial score (nSPS) is 10.5. The van der Waals surface area contributed by atoms with Crippen molar-refractivity contribution < 1.29 is 125 Å². The van der Waals surface area contributed by atoms with Gasteiger partial charge in [-0.15, -0.1) is 0 Å². The number of amides is 24. The molecule has 24 amide bonds. The molecule has 0 saturated heterocycles. The Morgan fingerprint density at radius 2 is 0.177 bits per heavy atom. The van der Waals surface area contributed by atoms with Crippen LogP contribution < -0.4 is 0 Å². The zero-order valence-corrected chi connectivity index (χ0v) is 75.9. The average molecular weight is 1770 g/mol. The highest BCUT2D eigenvalue weighted by Gasteiger charge is 2.32. The molecule has 0 aliphatic rings. The van der Waals surface area contributed by atoms with Gasteiger partial charge in [-0.2, -0.15) is 0 Å². The zero-order chi connectivity index (χ0) is 96.3. The predicted molar refractivity (Wildman–Crippen MR) is 437 cm³/mol. The first-order chi connectivity index (χ1) is 57.0. The molecule has 0 heterocycles. The lowest BCUT2D eigenvalue weighted by molar-refractivity contribution is -0.147. The number of carbonyl (C=O) groups is 25. The van der Waals surface area contributed by atoms with Gasteiger partial charge in [-0.3, -0.25) is 120 Å². The minimum Gasteiger partial charge on any atom is -0.480 e. The largest absolute Gasteiger partial charge is 0.480 e. The van der Waals surface area contributed by atoms with E-state index in [4.69, 9.17) is 5.11 Å². The van der Waals surface area contributed by atoms with Crippen molar-refractivity contribution in [1.29, 1.82) is 0 Å². The molecular weight excluding hydrogens is 1640 g/mol. The van der Waals surface area contributed by atoms with E-state index in [0.29, 0.717) is 0 Å². The molecule has 0 spiro atoms. The lowest BCUT2D eigenvalue weighted by Crippen LogP contribution is -2.50. The third-order valence-electron chi connectivity index (χ3n) is 19.3. The molecule has 50 nitrogen and oxygen atoms in total. The maximum atomic E-state index is 13.2. The van der Waals surface area contributed by atoms with Crippen LogP contribution in [-0.2, 0) is 120 Å². The zero-order valence-electron chi connectivity index (χ0n) is 75.9. The fourth-order valence-corrected chi connectivity index (χ4v) is 9.79. The Morgan fingerprint density at radius 3 is 0.234 bits per heavy atom. The van der Waals surface area contributed by atoms with Gasteiger partial charge in [-0.1, -0.05) is 0 Å². The van der Waals surface area contributed by atoms with Crippen LogP contribution in [0.3, 0.4) is 0 Å². The van der Waals surface area contributed by atoms with E-state index in [1.807, 2.05) is 0 Å². The Labute approximate surface area is 720 Å². The van der Waals surface area contributed by atoms with Crippen molar-refractivity contribution in [2.45, 2.75) is 6.92 Å². The Hall–Kier alpha value is -13.2. The van der Waals surface area contributed by atoms with Crippen molar-refractivity contribution in [3.63, 3.8) is 0 Å². The number of aliphatic carboxylic acids is 1.